The fraction of sp³-hybridized carbons (Fsp3) is 0.0690. The first-order valence-corrected chi connectivity index (χ1v) is 21.0. The number of allylic oxidation sites excluding steroid dienone is 4. The molecule has 0 saturated heterocycles. The van der Waals surface area contributed by atoms with Crippen LogP contribution in [0.2, 0.25) is 0 Å². The van der Waals surface area contributed by atoms with Gasteiger partial charge in [0.25, 0.3) is 0 Å². The second-order valence-electron chi connectivity index (χ2n) is 15.5. The van der Waals surface area contributed by atoms with Crippen LogP contribution in [0.5, 0.6) is 5.75 Å². The van der Waals surface area contributed by atoms with E-state index < -0.39 is 0 Å². The molecule has 7 aromatic rings. The van der Waals surface area contributed by atoms with Gasteiger partial charge in [-0.2, -0.15) is 0 Å². The minimum Gasteiger partial charge on any atom is -0.492 e. The van der Waals surface area contributed by atoms with Gasteiger partial charge in [0.15, 0.2) is 0 Å². The summed E-state index contributed by atoms with van der Waals surface area (Å²) in [5, 5.41) is 0. The molecule has 0 unspecified atom stereocenters. The molecule has 0 N–H and O–H groups in total. The van der Waals surface area contributed by atoms with Crippen molar-refractivity contribution in [3.05, 3.63) is 255 Å². The van der Waals surface area contributed by atoms with Crippen LogP contribution >= 0.6 is 0 Å². The van der Waals surface area contributed by atoms with Crippen LogP contribution in [0.3, 0.4) is 0 Å². The van der Waals surface area contributed by atoms with Crippen molar-refractivity contribution >= 4 is 59.0 Å². The minimum absolute atomic E-state index is 0.572. The molecule has 10 rings (SSSR count). The van der Waals surface area contributed by atoms with Gasteiger partial charge in [-0.05, 0) is 127 Å². The Bertz CT molecular complexity index is 2620. The van der Waals surface area contributed by atoms with E-state index in [1.165, 1.54) is 89.3 Å². The number of rotatable bonds is 8. The fourth-order valence-electron chi connectivity index (χ4n) is 8.83. The van der Waals surface area contributed by atoms with Gasteiger partial charge < -0.3 is 9.64 Å². The van der Waals surface area contributed by atoms with Crippen molar-refractivity contribution in [2.45, 2.75) is 12.8 Å². The van der Waals surface area contributed by atoms with E-state index in [1.807, 2.05) is 30.3 Å². The third-order valence-corrected chi connectivity index (χ3v) is 11.8. The maximum absolute atomic E-state index is 6.28. The second-order valence-corrected chi connectivity index (χ2v) is 15.5. The molecule has 0 saturated carbocycles. The van der Waals surface area contributed by atoms with Gasteiger partial charge in [0.05, 0.1) is 6.54 Å². The number of para-hydroxylation sites is 1. The molecule has 2 heteroatoms. The molecule has 3 aliphatic rings. The number of fused-ring (bicyclic) bond motifs is 6. The quantitative estimate of drug-likeness (QED) is 0.153. The molecular formula is C58H45NO. The van der Waals surface area contributed by atoms with Crippen molar-refractivity contribution in [2.24, 2.45) is 0 Å². The van der Waals surface area contributed by atoms with E-state index in [0.29, 0.717) is 6.61 Å². The van der Waals surface area contributed by atoms with Crippen molar-refractivity contribution in [2.75, 3.05) is 18.1 Å². The highest BCUT2D eigenvalue weighted by Gasteiger charge is 2.22. The van der Waals surface area contributed by atoms with Crippen LogP contribution in [0.25, 0.3) is 47.6 Å². The van der Waals surface area contributed by atoms with E-state index in [1.54, 1.807) is 0 Å². The number of hydrogen-bond donors (Lipinski definition) is 0. The van der Waals surface area contributed by atoms with E-state index in [0.717, 1.165) is 25.1 Å². The molecule has 7 aromatic carbocycles. The summed E-state index contributed by atoms with van der Waals surface area (Å²) in [5.74, 6) is 0.890. The Morgan fingerprint density at radius 1 is 0.433 bits per heavy atom. The summed E-state index contributed by atoms with van der Waals surface area (Å²) in [6.45, 7) is 1.31. The summed E-state index contributed by atoms with van der Waals surface area (Å²) in [6.07, 6.45) is 24.3. The Morgan fingerprint density at radius 3 is 1.27 bits per heavy atom. The van der Waals surface area contributed by atoms with Crippen LogP contribution in [0.15, 0.2) is 188 Å². The van der Waals surface area contributed by atoms with E-state index >= 15 is 0 Å². The third-order valence-electron chi connectivity index (χ3n) is 11.8. The van der Waals surface area contributed by atoms with E-state index in [4.69, 9.17) is 4.74 Å². The maximum Gasteiger partial charge on any atom is 0.119 e. The molecule has 0 fully saturated rings. The molecule has 288 valence electrons. The molecule has 0 atom stereocenters. The van der Waals surface area contributed by atoms with Crippen molar-refractivity contribution in [3.63, 3.8) is 0 Å². The van der Waals surface area contributed by atoms with Gasteiger partial charge >= 0.3 is 0 Å². The van der Waals surface area contributed by atoms with Gasteiger partial charge in [0.2, 0.25) is 0 Å². The smallest absolute Gasteiger partial charge is 0.119 e. The summed E-state index contributed by atoms with van der Waals surface area (Å²) < 4.78 is 6.28. The largest absolute Gasteiger partial charge is 0.492 e. The monoisotopic (exact) mass is 771 g/mol. The predicted molar refractivity (Wildman–Crippen MR) is 255 cm³/mol. The first-order chi connectivity index (χ1) is 29.7. The predicted octanol–water partition coefficient (Wildman–Crippen LogP) is 14.3. The number of hydrogen-bond acceptors (Lipinski definition) is 2. The average Bonchev–Trinajstić information content (AvgIpc) is 3.64. The summed E-state index contributed by atoms with van der Waals surface area (Å²) in [6, 6.07) is 58.7. The number of aryl methyl sites for hydroxylation is 2. The lowest BCUT2D eigenvalue weighted by Gasteiger charge is -2.27. The molecule has 0 bridgehead atoms. The highest BCUT2D eigenvalue weighted by molar-refractivity contribution is 5.95. The molecular weight excluding hydrogens is 727 g/mol. The molecule has 2 aliphatic carbocycles. The zero-order chi connectivity index (χ0) is 40.1. The SMILES string of the molecule is C1=Cc2ccccc2C(=C/C=C/c2ccc3c(c2)CCc2cc(/C=C/C=C4c5ccccc5C=Cc5ccccc54)ccc2N3CCOc2ccccc2)c2ccccc21. The van der Waals surface area contributed by atoms with Crippen LogP contribution in [0.1, 0.15) is 66.8 Å². The van der Waals surface area contributed by atoms with Crippen molar-refractivity contribution in [1.29, 1.82) is 0 Å². The molecule has 0 spiro atoms. The van der Waals surface area contributed by atoms with Crippen molar-refractivity contribution in [3.8, 4) is 5.75 Å². The molecule has 60 heavy (non-hydrogen) atoms. The number of ether oxygens (including phenoxy) is 1. The lowest BCUT2D eigenvalue weighted by atomic mass is 9.93. The Labute approximate surface area is 353 Å². The Morgan fingerprint density at radius 2 is 0.833 bits per heavy atom. The first kappa shape index (κ1) is 36.9. The zero-order valence-electron chi connectivity index (χ0n) is 33.5. The minimum atomic E-state index is 0.572. The topological polar surface area (TPSA) is 12.5 Å². The molecule has 0 aromatic heterocycles. The van der Waals surface area contributed by atoms with Gasteiger partial charge in [0, 0.05) is 11.4 Å². The van der Waals surface area contributed by atoms with Crippen molar-refractivity contribution in [1.82, 2.24) is 0 Å². The first-order valence-electron chi connectivity index (χ1n) is 21.0. The molecule has 1 heterocycles. The third kappa shape index (κ3) is 7.64. The van der Waals surface area contributed by atoms with Crippen LogP contribution in [0, 0.1) is 0 Å². The summed E-state index contributed by atoms with van der Waals surface area (Å²) in [5.41, 5.74) is 20.0. The summed E-state index contributed by atoms with van der Waals surface area (Å²) >= 11 is 0. The van der Waals surface area contributed by atoms with E-state index in [2.05, 4.69) is 199 Å². The van der Waals surface area contributed by atoms with Crippen LogP contribution in [-0.2, 0) is 12.8 Å². The fourth-order valence-corrected chi connectivity index (χ4v) is 8.83. The zero-order valence-corrected chi connectivity index (χ0v) is 33.5. The normalized spacial score (nSPS) is 13.6. The molecule has 0 radical (unpaired) electrons. The molecule has 1 aliphatic heterocycles. The molecule has 2 nitrogen and oxygen atoms in total. The Balaban J connectivity index is 0.954. The average molecular weight is 772 g/mol. The second kappa shape index (κ2) is 16.8. The maximum atomic E-state index is 6.28. The lowest BCUT2D eigenvalue weighted by molar-refractivity contribution is 0.327. The standard InChI is InChI=1S/C58H45NO/c1-2-20-50(21-3-1)60-39-38-59-57-36-28-42(14-12-26-55-51-22-8-4-16-44(51)30-31-45-17-5-9-23-52(45)55)40-48(57)34-35-49-41-43(29-37-58(49)59)15-13-27-56-53-24-10-6-18-46(53)32-33-47-19-7-11-25-54(47)56/h1-33,36-37,40-41H,34-35,38-39H2/b14-12+,15-13+. The number of benzene rings is 7. The van der Waals surface area contributed by atoms with Gasteiger partial charge in [-0.15, -0.1) is 0 Å². The van der Waals surface area contributed by atoms with Crippen molar-refractivity contribution < 1.29 is 4.74 Å². The van der Waals surface area contributed by atoms with E-state index in [9.17, 15) is 0 Å². The number of anilines is 2. The van der Waals surface area contributed by atoms with E-state index in [-0.39, 0.29) is 0 Å². The Hall–Kier alpha value is -7.42. The number of nitrogens with zero attached hydrogens (tertiary/aromatic N) is 1. The van der Waals surface area contributed by atoms with Gasteiger partial charge in [0.1, 0.15) is 12.4 Å². The molecule has 0 amide bonds. The Kier molecular flexibility index (Phi) is 10.3. The highest BCUT2D eigenvalue weighted by Crippen LogP contribution is 2.39. The van der Waals surface area contributed by atoms with Gasteiger partial charge in [-0.1, -0.05) is 188 Å². The van der Waals surface area contributed by atoms with Crippen LogP contribution in [-0.4, -0.2) is 13.2 Å². The van der Waals surface area contributed by atoms with Gasteiger partial charge in [-0.25, -0.2) is 0 Å². The lowest BCUT2D eigenvalue weighted by Crippen LogP contribution is -2.24. The van der Waals surface area contributed by atoms with Crippen LogP contribution in [0.4, 0.5) is 11.4 Å². The van der Waals surface area contributed by atoms with Crippen LogP contribution < -0.4 is 9.64 Å². The summed E-state index contributed by atoms with van der Waals surface area (Å²) in [4.78, 5) is 2.46. The summed E-state index contributed by atoms with van der Waals surface area (Å²) in [7, 11) is 0. The van der Waals surface area contributed by atoms with Gasteiger partial charge in [-0.3, -0.25) is 0 Å². The highest BCUT2D eigenvalue weighted by atomic mass is 16.5.